The van der Waals surface area contributed by atoms with Crippen molar-refractivity contribution in [3.63, 3.8) is 0 Å². The zero-order valence-corrected chi connectivity index (χ0v) is 12.1. The van der Waals surface area contributed by atoms with E-state index in [0.29, 0.717) is 12.5 Å². The van der Waals surface area contributed by atoms with E-state index in [1.165, 1.54) is 0 Å². The third kappa shape index (κ3) is 4.94. The Morgan fingerprint density at radius 1 is 1.24 bits per heavy atom. The van der Waals surface area contributed by atoms with Crippen molar-refractivity contribution in [1.82, 2.24) is 10.0 Å². The molecule has 0 aromatic rings. The van der Waals surface area contributed by atoms with Gasteiger partial charge in [0.25, 0.3) is 0 Å². The standard InChI is InChI=1S/C12H26N2O2S/c1-11(2)12(6-7-12)10-14-17(15,16)9-5-4-8-13-3/h11,13-14H,4-10H2,1-3H3. The van der Waals surface area contributed by atoms with E-state index in [9.17, 15) is 8.42 Å². The molecule has 1 rings (SSSR count). The minimum absolute atomic E-state index is 0.248. The van der Waals surface area contributed by atoms with Gasteiger partial charge in [-0.3, -0.25) is 0 Å². The number of nitrogens with one attached hydrogen (secondary N) is 2. The molecule has 1 aliphatic rings. The van der Waals surface area contributed by atoms with Crippen LogP contribution in [0.3, 0.4) is 0 Å². The molecular formula is C12H26N2O2S. The van der Waals surface area contributed by atoms with Gasteiger partial charge in [0.05, 0.1) is 5.75 Å². The monoisotopic (exact) mass is 262 g/mol. The predicted molar refractivity (Wildman–Crippen MR) is 71.5 cm³/mol. The zero-order chi connectivity index (χ0) is 12.9. The van der Waals surface area contributed by atoms with Gasteiger partial charge in [0.2, 0.25) is 10.0 Å². The van der Waals surface area contributed by atoms with E-state index in [-0.39, 0.29) is 11.2 Å². The number of hydrogen-bond donors (Lipinski definition) is 2. The Morgan fingerprint density at radius 3 is 2.35 bits per heavy atom. The maximum atomic E-state index is 11.8. The molecule has 2 N–H and O–H groups in total. The molecule has 0 unspecified atom stereocenters. The highest BCUT2D eigenvalue weighted by Gasteiger charge is 2.45. The lowest BCUT2D eigenvalue weighted by Crippen LogP contribution is -2.34. The maximum absolute atomic E-state index is 11.8. The Bertz CT molecular complexity index is 321. The van der Waals surface area contributed by atoms with Gasteiger partial charge in [0.15, 0.2) is 0 Å². The molecule has 0 aromatic carbocycles. The van der Waals surface area contributed by atoms with E-state index < -0.39 is 10.0 Å². The molecule has 4 nitrogen and oxygen atoms in total. The summed E-state index contributed by atoms with van der Waals surface area (Å²) in [5.41, 5.74) is 0.248. The fourth-order valence-corrected chi connectivity index (χ4v) is 3.27. The molecule has 0 spiro atoms. The fourth-order valence-electron chi connectivity index (χ4n) is 2.04. The fraction of sp³-hybridized carbons (Fsp3) is 1.00. The average molecular weight is 262 g/mol. The summed E-state index contributed by atoms with van der Waals surface area (Å²) < 4.78 is 26.3. The summed E-state index contributed by atoms with van der Waals surface area (Å²) in [6.45, 7) is 5.85. The van der Waals surface area contributed by atoms with Crippen LogP contribution in [0.5, 0.6) is 0 Å². The third-order valence-electron chi connectivity index (χ3n) is 3.85. The van der Waals surface area contributed by atoms with Crippen LogP contribution in [0.25, 0.3) is 0 Å². The van der Waals surface area contributed by atoms with Gasteiger partial charge in [0, 0.05) is 6.54 Å². The van der Waals surface area contributed by atoms with Crippen molar-refractivity contribution < 1.29 is 8.42 Å². The molecule has 17 heavy (non-hydrogen) atoms. The molecule has 0 aliphatic heterocycles. The summed E-state index contributed by atoms with van der Waals surface area (Å²) in [5.74, 6) is 0.817. The van der Waals surface area contributed by atoms with Crippen molar-refractivity contribution in [3.8, 4) is 0 Å². The number of hydrogen-bond acceptors (Lipinski definition) is 3. The van der Waals surface area contributed by atoms with Crippen LogP contribution in [0, 0.1) is 11.3 Å². The minimum atomic E-state index is -3.07. The van der Waals surface area contributed by atoms with Crippen LogP contribution in [0.15, 0.2) is 0 Å². The molecule has 0 bridgehead atoms. The molecule has 0 heterocycles. The van der Waals surface area contributed by atoms with Crippen molar-refractivity contribution in [3.05, 3.63) is 0 Å². The van der Waals surface area contributed by atoms with Gasteiger partial charge in [-0.15, -0.1) is 0 Å². The summed E-state index contributed by atoms with van der Waals surface area (Å²) in [7, 11) is -1.19. The molecular weight excluding hydrogens is 236 g/mol. The first kappa shape index (κ1) is 14.9. The molecule has 5 heteroatoms. The molecule has 1 saturated carbocycles. The number of sulfonamides is 1. The average Bonchev–Trinajstić information content (AvgIpc) is 3.03. The molecule has 0 radical (unpaired) electrons. The van der Waals surface area contributed by atoms with Crippen LogP contribution in [-0.2, 0) is 10.0 Å². The zero-order valence-electron chi connectivity index (χ0n) is 11.3. The van der Waals surface area contributed by atoms with E-state index in [2.05, 4.69) is 23.9 Å². The van der Waals surface area contributed by atoms with E-state index in [0.717, 1.165) is 32.2 Å². The smallest absolute Gasteiger partial charge is 0.211 e. The summed E-state index contributed by atoms with van der Waals surface area (Å²) in [6.07, 6.45) is 3.96. The first-order valence-electron chi connectivity index (χ1n) is 6.54. The van der Waals surface area contributed by atoms with Crippen LogP contribution in [0.4, 0.5) is 0 Å². The van der Waals surface area contributed by atoms with Crippen LogP contribution in [0.1, 0.15) is 39.5 Å². The van der Waals surface area contributed by atoms with Crippen molar-refractivity contribution in [1.29, 1.82) is 0 Å². The van der Waals surface area contributed by atoms with Crippen LogP contribution in [0.2, 0.25) is 0 Å². The van der Waals surface area contributed by atoms with Crippen molar-refractivity contribution >= 4 is 10.0 Å². The van der Waals surface area contributed by atoms with Crippen molar-refractivity contribution in [2.45, 2.75) is 39.5 Å². The summed E-state index contributed by atoms with van der Waals surface area (Å²) in [6, 6.07) is 0. The van der Waals surface area contributed by atoms with E-state index >= 15 is 0 Å². The lowest BCUT2D eigenvalue weighted by Gasteiger charge is -2.19. The largest absolute Gasteiger partial charge is 0.320 e. The summed E-state index contributed by atoms with van der Waals surface area (Å²) in [4.78, 5) is 0. The van der Waals surface area contributed by atoms with E-state index in [1.54, 1.807) is 0 Å². The highest BCUT2D eigenvalue weighted by molar-refractivity contribution is 7.89. The van der Waals surface area contributed by atoms with Crippen LogP contribution >= 0.6 is 0 Å². The van der Waals surface area contributed by atoms with Gasteiger partial charge >= 0.3 is 0 Å². The Morgan fingerprint density at radius 2 is 1.88 bits per heavy atom. The third-order valence-corrected chi connectivity index (χ3v) is 5.26. The van der Waals surface area contributed by atoms with Gasteiger partial charge in [-0.1, -0.05) is 13.8 Å². The maximum Gasteiger partial charge on any atom is 0.211 e. The van der Waals surface area contributed by atoms with Gasteiger partial charge in [0.1, 0.15) is 0 Å². The Hall–Kier alpha value is -0.130. The quantitative estimate of drug-likeness (QED) is 0.617. The van der Waals surface area contributed by atoms with Gasteiger partial charge in [-0.05, 0) is 50.6 Å². The van der Waals surface area contributed by atoms with Gasteiger partial charge in [-0.2, -0.15) is 0 Å². The Balaban J connectivity index is 2.25. The Labute approximate surface area is 106 Å². The highest BCUT2D eigenvalue weighted by atomic mass is 32.2. The van der Waals surface area contributed by atoms with Crippen LogP contribution < -0.4 is 10.0 Å². The highest BCUT2D eigenvalue weighted by Crippen LogP contribution is 2.51. The Kier molecular flexibility index (Phi) is 5.41. The molecule has 1 fully saturated rings. The number of unbranched alkanes of at least 4 members (excludes halogenated alkanes) is 1. The molecule has 1 aliphatic carbocycles. The topological polar surface area (TPSA) is 58.2 Å². The first-order chi connectivity index (χ1) is 7.92. The minimum Gasteiger partial charge on any atom is -0.320 e. The van der Waals surface area contributed by atoms with E-state index in [4.69, 9.17) is 0 Å². The van der Waals surface area contributed by atoms with E-state index in [1.807, 2.05) is 7.05 Å². The predicted octanol–water partition coefficient (Wildman–Crippen LogP) is 1.34. The first-order valence-corrected chi connectivity index (χ1v) is 8.19. The SMILES string of the molecule is CNCCCCS(=O)(=O)NCC1(C(C)C)CC1. The normalized spacial score (nSPS) is 18.6. The molecule has 0 aromatic heterocycles. The molecule has 0 atom stereocenters. The summed E-state index contributed by atoms with van der Waals surface area (Å²) >= 11 is 0. The lowest BCUT2D eigenvalue weighted by atomic mass is 9.93. The number of rotatable bonds is 9. The summed E-state index contributed by atoms with van der Waals surface area (Å²) in [5, 5.41) is 3.02. The van der Waals surface area contributed by atoms with Crippen molar-refractivity contribution in [2.24, 2.45) is 11.3 Å². The van der Waals surface area contributed by atoms with Crippen molar-refractivity contribution in [2.75, 3.05) is 25.9 Å². The van der Waals surface area contributed by atoms with Crippen LogP contribution in [-0.4, -0.2) is 34.3 Å². The second-order valence-electron chi connectivity index (χ2n) is 5.47. The van der Waals surface area contributed by atoms with Gasteiger partial charge < -0.3 is 5.32 Å². The van der Waals surface area contributed by atoms with Gasteiger partial charge in [-0.25, -0.2) is 13.1 Å². The second-order valence-corrected chi connectivity index (χ2v) is 7.39. The second kappa shape index (κ2) is 6.16. The molecule has 0 saturated heterocycles. The molecule has 0 amide bonds. The molecule has 102 valence electrons. The lowest BCUT2D eigenvalue weighted by molar-refractivity contribution is 0.357.